The van der Waals surface area contributed by atoms with Crippen LogP contribution in [0.15, 0.2) is 23.1 Å². The number of thioether (sulfide) groups is 1. The minimum absolute atomic E-state index is 0.365. The standard InChI is InChI=1S/C11H11FO2S/c1-15-9-3-2-7(12)6-8(9)11(4-5-11)10(13)14/h2-3,6H,4-5H2,1H3,(H,13,14). The van der Waals surface area contributed by atoms with Gasteiger partial charge in [0.25, 0.3) is 0 Å². The molecule has 0 aliphatic heterocycles. The quantitative estimate of drug-likeness (QED) is 0.805. The zero-order chi connectivity index (χ0) is 11.1. The topological polar surface area (TPSA) is 37.3 Å². The minimum Gasteiger partial charge on any atom is -0.481 e. The maximum absolute atomic E-state index is 13.1. The Bertz CT molecular complexity index is 413. The van der Waals surface area contributed by atoms with Crippen molar-refractivity contribution >= 4 is 17.7 Å². The molecule has 0 radical (unpaired) electrons. The first-order chi connectivity index (χ1) is 7.10. The minimum atomic E-state index is -0.844. The number of aliphatic carboxylic acids is 1. The molecule has 0 atom stereocenters. The van der Waals surface area contributed by atoms with E-state index in [-0.39, 0.29) is 5.82 Å². The Morgan fingerprint density at radius 3 is 2.67 bits per heavy atom. The van der Waals surface area contributed by atoms with Gasteiger partial charge in [-0.1, -0.05) is 0 Å². The summed E-state index contributed by atoms with van der Waals surface area (Å²) in [7, 11) is 0. The lowest BCUT2D eigenvalue weighted by Crippen LogP contribution is -2.20. The Labute approximate surface area is 91.5 Å². The van der Waals surface area contributed by atoms with Crippen LogP contribution in [-0.2, 0) is 10.2 Å². The lowest BCUT2D eigenvalue weighted by atomic mass is 9.96. The predicted octanol–water partition coefficient (Wildman–Crippen LogP) is 2.66. The van der Waals surface area contributed by atoms with Crippen molar-refractivity contribution in [1.29, 1.82) is 0 Å². The maximum Gasteiger partial charge on any atom is 0.314 e. The molecule has 4 heteroatoms. The van der Waals surface area contributed by atoms with Gasteiger partial charge < -0.3 is 5.11 Å². The number of hydrogen-bond acceptors (Lipinski definition) is 2. The van der Waals surface area contributed by atoms with E-state index in [0.717, 1.165) is 4.90 Å². The molecule has 2 rings (SSSR count). The first-order valence-electron chi connectivity index (χ1n) is 4.67. The van der Waals surface area contributed by atoms with Gasteiger partial charge in [0, 0.05) is 4.90 Å². The van der Waals surface area contributed by atoms with Crippen LogP contribution in [0.25, 0.3) is 0 Å². The third kappa shape index (κ3) is 1.63. The highest BCUT2D eigenvalue weighted by Crippen LogP contribution is 2.51. The van der Waals surface area contributed by atoms with Gasteiger partial charge in [0.05, 0.1) is 5.41 Å². The number of rotatable bonds is 3. The van der Waals surface area contributed by atoms with Gasteiger partial charge in [0.2, 0.25) is 0 Å². The molecule has 1 N–H and O–H groups in total. The number of hydrogen-bond donors (Lipinski definition) is 1. The SMILES string of the molecule is CSc1ccc(F)cc1C1(C(=O)O)CC1. The smallest absolute Gasteiger partial charge is 0.314 e. The molecule has 0 aromatic heterocycles. The monoisotopic (exact) mass is 226 g/mol. The third-order valence-electron chi connectivity index (χ3n) is 2.84. The van der Waals surface area contributed by atoms with Crippen LogP contribution >= 0.6 is 11.8 Å². The van der Waals surface area contributed by atoms with Gasteiger partial charge in [0.1, 0.15) is 5.82 Å². The van der Waals surface area contributed by atoms with Crippen molar-refractivity contribution in [3.63, 3.8) is 0 Å². The Morgan fingerprint density at radius 1 is 1.53 bits per heavy atom. The lowest BCUT2D eigenvalue weighted by Gasteiger charge is -2.14. The summed E-state index contributed by atoms with van der Waals surface area (Å²) in [4.78, 5) is 12.0. The molecule has 0 spiro atoms. The van der Waals surface area contributed by atoms with E-state index in [2.05, 4.69) is 0 Å². The molecule has 0 bridgehead atoms. The normalized spacial score (nSPS) is 17.5. The highest BCUT2D eigenvalue weighted by molar-refractivity contribution is 7.98. The van der Waals surface area contributed by atoms with Crippen molar-refractivity contribution in [2.24, 2.45) is 0 Å². The first-order valence-corrected chi connectivity index (χ1v) is 5.90. The zero-order valence-corrected chi connectivity index (χ0v) is 9.10. The summed E-state index contributed by atoms with van der Waals surface area (Å²) < 4.78 is 13.1. The Balaban J connectivity index is 2.51. The average Bonchev–Trinajstić information content (AvgIpc) is 2.98. The van der Waals surface area contributed by atoms with Crippen molar-refractivity contribution in [3.05, 3.63) is 29.6 Å². The highest BCUT2D eigenvalue weighted by atomic mass is 32.2. The second-order valence-electron chi connectivity index (χ2n) is 3.73. The van der Waals surface area contributed by atoms with Gasteiger partial charge in [0.15, 0.2) is 0 Å². The van der Waals surface area contributed by atoms with Gasteiger partial charge in [-0.25, -0.2) is 4.39 Å². The van der Waals surface area contributed by atoms with E-state index >= 15 is 0 Å². The van der Waals surface area contributed by atoms with Crippen LogP contribution < -0.4 is 0 Å². The van der Waals surface area contributed by atoms with Crippen LogP contribution in [0.4, 0.5) is 4.39 Å². The molecule has 1 aliphatic carbocycles. The molecule has 1 saturated carbocycles. The molecule has 1 aromatic rings. The summed E-state index contributed by atoms with van der Waals surface area (Å²) in [6.45, 7) is 0. The summed E-state index contributed by atoms with van der Waals surface area (Å²) in [5.41, 5.74) is -0.192. The van der Waals surface area contributed by atoms with Crippen molar-refractivity contribution in [1.82, 2.24) is 0 Å². The molecule has 2 nitrogen and oxygen atoms in total. The van der Waals surface area contributed by atoms with Crippen molar-refractivity contribution < 1.29 is 14.3 Å². The number of carboxylic acid groups (broad SMARTS) is 1. The molecule has 0 unspecified atom stereocenters. The predicted molar refractivity (Wildman–Crippen MR) is 56.7 cm³/mol. The van der Waals surface area contributed by atoms with E-state index in [4.69, 9.17) is 5.11 Å². The fourth-order valence-corrected chi connectivity index (χ4v) is 2.46. The molecule has 0 heterocycles. The molecular weight excluding hydrogens is 215 g/mol. The van der Waals surface area contributed by atoms with Crippen LogP contribution in [0.2, 0.25) is 0 Å². The molecule has 80 valence electrons. The third-order valence-corrected chi connectivity index (χ3v) is 3.63. The number of carbonyl (C=O) groups is 1. The molecule has 0 amide bonds. The van der Waals surface area contributed by atoms with Gasteiger partial charge >= 0.3 is 5.97 Å². The number of benzene rings is 1. The van der Waals surface area contributed by atoms with Crippen LogP contribution in [0.3, 0.4) is 0 Å². The molecule has 1 aliphatic rings. The van der Waals surface area contributed by atoms with Crippen LogP contribution in [0.5, 0.6) is 0 Å². The maximum atomic E-state index is 13.1. The van der Waals surface area contributed by atoms with Crippen LogP contribution in [0, 0.1) is 5.82 Å². The summed E-state index contributed by atoms with van der Waals surface area (Å²) in [5.74, 6) is -1.21. The Hall–Kier alpha value is -1.03. The largest absolute Gasteiger partial charge is 0.481 e. The molecular formula is C11H11FO2S. The lowest BCUT2D eigenvalue weighted by molar-refractivity contribution is -0.140. The van der Waals surface area contributed by atoms with Crippen molar-refractivity contribution in [2.45, 2.75) is 23.2 Å². The van der Waals surface area contributed by atoms with Gasteiger partial charge in [-0.2, -0.15) is 0 Å². The summed E-state index contributed by atoms with van der Waals surface area (Å²) in [5, 5.41) is 9.14. The van der Waals surface area contributed by atoms with E-state index < -0.39 is 11.4 Å². The molecule has 1 aromatic carbocycles. The van der Waals surface area contributed by atoms with Crippen molar-refractivity contribution in [2.75, 3.05) is 6.26 Å². The Morgan fingerprint density at radius 2 is 2.20 bits per heavy atom. The summed E-state index contributed by atoms with van der Waals surface area (Å²) in [6, 6.07) is 4.37. The fraction of sp³-hybridized carbons (Fsp3) is 0.364. The van der Waals surface area contributed by atoms with E-state index in [1.807, 2.05) is 6.26 Å². The second kappa shape index (κ2) is 3.52. The van der Waals surface area contributed by atoms with Gasteiger partial charge in [-0.15, -0.1) is 11.8 Å². The van der Waals surface area contributed by atoms with E-state index in [9.17, 15) is 9.18 Å². The van der Waals surface area contributed by atoms with Crippen molar-refractivity contribution in [3.8, 4) is 0 Å². The van der Waals surface area contributed by atoms with Gasteiger partial charge in [-0.3, -0.25) is 4.79 Å². The molecule has 1 fully saturated rings. The van der Waals surface area contributed by atoms with Crippen LogP contribution in [-0.4, -0.2) is 17.3 Å². The highest BCUT2D eigenvalue weighted by Gasteiger charge is 2.52. The average molecular weight is 226 g/mol. The second-order valence-corrected chi connectivity index (χ2v) is 4.58. The molecule has 0 saturated heterocycles. The van der Waals surface area contributed by atoms with E-state index in [1.165, 1.54) is 23.9 Å². The number of carboxylic acids is 1. The van der Waals surface area contributed by atoms with E-state index in [1.54, 1.807) is 6.07 Å². The number of halogens is 1. The Kier molecular flexibility index (Phi) is 2.46. The van der Waals surface area contributed by atoms with E-state index in [0.29, 0.717) is 18.4 Å². The zero-order valence-electron chi connectivity index (χ0n) is 8.29. The first kappa shape index (κ1) is 10.5. The molecule has 15 heavy (non-hydrogen) atoms. The summed E-state index contributed by atoms with van der Waals surface area (Å²) >= 11 is 1.46. The van der Waals surface area contributed by atoms with Gasteiger partial charge in [-0.05, 0) is 42.9 Å². The fourth-order valence-electron chi connectivity index (χ4n) is 1.78. The summed E-state index contributed by atoms with van der Waals surface area (Å²) in [6.07, 6.45) is 3.09. The van der Waals surface area contributed by atoms with Crippen LogP contribution in [0.1, 0.15) is 18.4 Å².